The van der Waals surface area contributed by atoms with Crippen molar-refractivity contribution in [1.82, 2.24) is 15.3 Å². The lowest BCUT2D eigenvalue weighted by molar-refractivity contribution is 0.461. The Bertz CT molecular complexity index is 462. The summed E-state index contributed by atoms with van der Waals surface area (Å²) in [5.41, 5.74) is 2.47. The second kappa shape index (κ2) is 4.74. The summed E-state index contributed by atoms with van der Waals surface area (Å²) in [4.78, 5) is 7.61. The minimum absolute atomic E-state index is 0.581. The Morgan fingerprint density at radius 3 is 2.82 bits per heavy atom. The Balaban J connectivity index is 1.84. The SMILES string of the molecule is S=c1nc(NC2CCCCC2)c2c([nH]1)CNC2. The summed E-state index contributed by atoms with van der Waals surface area (Å²) in [6, 6.07) is 0.581. The van der Waals surface area contributed by atoms with Gasteiger partial charge in [0.15, 0.2) is 4.77 Å². The van der Waals surface area contributed by atoms with Gasteiger partial charge in [0.1, 0.15) is 5.82 Å². The van der Waals surface area contributed by atoms with Crippen LogP contribution in [0.4, 0.5) is 5.82 Å². The number of nitrogens with zero attached hydrogens (tertiary/aromatic N) is 1. The Labute approximate surface area is 106 Å². The van der Waals surface area contributed by atoms with Crippen LogP contribution < -0.4 is 10.6 Å². The zero-order valence-electron chi connectivity index (χ0n) is 9.88. The number of anilines is 1. The van der Waals surface area contributed by atoms with E-state index in [1.165, 1.54) is 43.4 Å². The van der Waals surface area contributed by atoms with E-state index < -0.39 is 0 Å². The summed E-state index contributed by atoms with van der Waals surface area (Å²) in [5.74, 6) is 1.00. The normalized spacial score (nSPS) is 20.2. The lowest BCUT2D eigenvalue weighted by Gasteiger charge is -2.24. The molecular formula is C12H18N4S. The molecule has 0 saturated heterocycles. The van der Waals surface area contributed by atoms with E-state index in [2.05, 4.69) is 20.6 Å². The van der Waals surface area contributed by atoms with E-state index >= 15 is 0 Å². The van der Waals surface area contributed by atoms with E-state index in [-0.39, 0.29) is 0 Å². The van der Waals surface area contributed by atoms with Crippen molar-refractivity contribution in [2.45, 2.75) is 51.2 Å². The van der Waals surface area contributed by atoms with E-state index in [0.717, 1.165) is 18.9 Å². The molecule has 3 N–H and O–H groups in total. The molecule has 0 unspecified atom stereocenters. The molecule has 2 aliphatic rings. The maximum absolute atomic E-state index is 5.17. The Hall–Kier alpha value is -0.940. The summed E-state index contributed by atoms with van der Waals surface area (Å²) in [6.07, 6.45) is 6.56. The minimum atomic E-state index is 0.581. The highest BCUT2D eigenvalue weighted by atomic mass is 32.1. The van der Waals surface area contributed by atoms with Crippen molar-refractivity contribution in [3.05, 3.63) is 16.0 Å². The second-order valence-electron chi connectivity index (χ2n) is 4.93. The van der Waals surface area contributed by atoms with Crippen molar-refractivity contribution >= 4 is 18.0 Å². The van der Waals surface area contributed by atoms with Crippen LogP contribution >= 0.6 is 12.2 Å². The average Bonchev–Trinajstić information content (AvgIpc) is 2.78. The third-order valence-corrected chi connectivity index (χ3v) is 3.86. The largest absolute Gasteiger partial charge is 0.367 e. The van der Waals surface area contributed by atoms with Gasteiger partial charge in [-0.1, -0.05) is 19.3 Å². The van der Waals surface area contributed by atoms with Gasteiger partial charge in [-0.05, 0) is 25.1 Å². The lowest BCUT2D eigenvalue weighted by atomic mass is 9.95. The minimum Gasteiger partial charge on any atom is -0.367 e. The number of rotatable bonds is 2. The number of fused-ring (bicyclic) bond motifs is 1. The average molecular weight is 250 g/mol. The highest BCUT2D eigenvalue weighted by Crippen LogP contribution is 2.25. The number of hydrogen-bond donors (Lipinski definition) is 3. The monoisotopic (exact) mass is 250 g/mol. The van der Waals surface area contributed by atoms with E-state index in [1.807, 2.05) is 0 Å². The van der Waals surface area contributed by atoms with Crippen LogP contribution in [0.5, 0.6) is 0 Å². The lowest BCUT2D eigenvalue weighted by Crippen LogP contribution is -2.24. The molecule has 92 valence electrons. The molecule has 3 rings (SSSR count). The van der Waals surface area contributed by atoms with Crippen LogP contribution in [-0.4, -0.2) is 16.0 Å². The van der Waals surface area contributed by atoms with Gasteiger partial charge >= 0.3 is 0 Å². The molecule has 0 atom stereocenters. The van der Waals surface area contributed by atoms with Gasteiger partial charge in [0, 0.05) is 30.4 Å². The Kier molecular flexibility index (Phi) is 3.11. The van der Waals surface area contributed by atoms with Crippen LogP contribution in [0.2, 0.25) is 0 Å². The highest BCUT2D eigenvalue weighted by Gasteiger charge is 2.20. The molecule has 0 radical (unpaired) electrons. The van der Waals surface area contributed by atoms with Crippen LogP contribution in [0.25, 0.3) is 0 Å². The van der Waals surface area contributed by atoms with Gasteiger partial charge < -0.3 is 15.6 Å². The van der Waals surface area contributed by atoms with Crippen molar-refractivity contribution < 1.29 is 0 Å². The van der Waals surface area contributed by atoms with E-state index in [0.29, 0.717) is 10.8 Å². The number of hydrogen-bond acceptors (Lipinski definition) is 4. The van der Waals surface area contributed by atoms with Crippen LogP contribution in [0.1, 0.15) is 43.4 Å². The molecule has 2 heterocycles. The van der Waals surface area contributed by atoms with Crippen LogP contribution in [0, 0.1) is 4.77 Å². The molecule has 1 aliphatic carbocycles. The van der Waals surface area contributed by atoms with Gasteiger partial charge in [-0.3, -0.25) is 0 Å². The number of aromatic amines is 1. The molecule has 1 aromatic heterocycles. The van der Waals surface area contributed by atoms with Gasteiger partial charge in [0.05, 0.1) is 0 Å². The molecule has 5 heteroatoms. The molecule has 1 aliphatic heterocycles. The molecule has 0 amide bonds. The topological polar surface area (TPSA) is 52.7 Å². The van der Waals surface area contributed by atoms with Crippen LogP contribution in [0.15, 0.2) is 0 Å². The number of H-pyrrole nitrogens is 1. The van der Waals surface area contributed by atoms with Gasteiger partial charge in [0.25, 0.3) is 0 Å². The van der Waals surface area contributed by atoms with Crippen molar-refractivity contribution in [2.24, 2.45) is 0 Å². The first-order valence-electron chi connectivity index (χ1n) is 6.42. The van der Waals surface area contributed by atoms with Crippen molar-refractivity contribution in [2.75, 3.05) is 5.32 Å². The second-order valence-corrected chi connectivity index (χ2v) is 5.32. The predicted octanol–water partition coefficient (Wildman–Crippen LogP) is 2.49. The van der Waals surface area contributed by atoms with Crippen LogP contribution in [-0.2, 0) is 13.1 Å². The maximum Gasteiger partial charge on any atom is 0.199 e. The third-order valence-electron chi connectivity index (χ3n) is 3.67. The molecule has 1 aromatic rings. The molecule has 17 heavy (non-hydrogen) atoms. The zero-order chi connectivity index (χ0) is 11.7. The highest BCUT2D eigenvalue weighted by molar-refractivity contribution is 7.71. The summed E-state index contributed by atoms with van der Waals surface area (Å²) < 4.78 is 0.589. The van der Waals surface area contributed by atoms with Crippen molar-refractivity contribution in [3.8, 4) is 0 Å². The van der Waals surface area contributed by atoms with E-state index in [1.54, 1.807) is 0 Å². The standard InChI is InChI=1S/C12H18N4S/c17-12-15-10-7-13-6-9(10)11(16-12)14-8-4-2-1-3-5-8/h8,13H,1-7H2,(H2,14,15,16,17). The summed E-state index contributed by atoms with van der Waals surface area (Å²) in [6.45, 7) is 1.77. The summed E-state index contributed by atoms with van der Waals surface area (Å²) >= 11 is 5.17. The van der Waals surface area contributed by atoms with E-state index in [4.69, 9.17) is 12.2 Å². The predicted molar refractivity (Wildman–Crippen MR) is 70.5 cm³/mol. The van der Waals surface area contributed by atoms with Crippen molar-refractivity contribution in [3.63, 3.8) is 0 Å². The third kappa shape index (κ3) is 2.35. The molecule has 4 nitrogen and oxygen atoms in total. The molecular weight excluding hydrogens is 232 g/mol. The molecule has 0 spiro atoms. The fourth-order valence-corrected chi connectivity index (χ4v) is 2.97. The first-order valence-corrected chi connectivity index (χ1v) is 6.83. The smallest absolute Gasteiger partial charge is 0.199 e. The Morgan fingerprint density at radius 1 is 1.18 bits per heavy atom. The molecule has 1 fully saturated rings. The molecule has 0 bridgehead atoms. The van der Waals surface area contributed by atoms with Crippen molar-refractivity contribution in [1.29, 1.82) is 0 Å². The first-order chi connectivity index (χ1) is 8.33. The van der Waals surface area contributed by atoms with Gasteiger partial charge in [0.2, 0.25) is 0 Å². The fraction of sp³-hybridized carbons (Fsp3) is 0.667. The van der Waals surface area contributed by atoms with E-state index in [9.17, 15) is 0 Å². The van der Waals surface area contributed by atoms with Gasteiger partial charge in [-0.15, -0.1) is 0 Å². The summed E-state index contributed by atoms with van der Waals surface area (Å²) in [7, 11) is 0. The van der Waals surface area contributed by atoms with Gasteiger partial charge in [-0.25, -0.2) is 4.98 Å². The first kappa shape index (κ1) is 11.2. The van der Waals surface area contributed by atoms with Gasteiger partial charge in [-0.2, -0.15) is 0 Å². The quantitative estimate of drug-likeness (QED) is 0.706. The van der Waals surface area contributed by atoms with Crippen LogP contribution in [0.3, 0.4) is 0 Å². The molecule has 1 saturated carbocycles. The zero-order valence-corrected chi connectivity index (χ0v) is 10.7. The number of nitrogens with one attached hydrogen (secondary N) is 3. The summed E-state index contributed by atoms with van der Waals surface area (Å²) in [5, 5.41) is 6.92. The fourth-order valence-electron chi connectivity index (χ4n) is 2.76. The number of aromatic nitrogens is 2. The maximum atomic E-state index is 5.17. The Morgan fingerprint density at radius 2 is 2.00 bits per heavy atom. The molecule has 0 aromatic carbocycles.